The van der Waals surface area contributed by atoms with Crippen LogP contribution in [0, 0.1) is 6.92 Å². The summed E-state index contributed by atoms with van der Waals surface area (Å²) >= 11 is 0. The number of unbranched alkanes of at least 4 members (excludes halogenated alkanes) is 5. The fourth-order valence-electron chi connectivity index (χ4n) is 2.34. The number of hydrogen-bond donors (Lipinski definition) is 1. The first-order valence-corrected chi connectivity index (χ1v) is 8.04. The summed E-state index contributed by atoms with van der Waals surface area (Å²) in [5.41, 5.74) is 1.09. The average molecular weight is 281 g/mol. The first-order valence-electron chi connectivity index (χ1n) is 8.04. The third-order valence-electron chi connectivity index (χ3n) is 3.46. The molecule has 0 aromatic carbocycles. The molecule has 0 aliphatic rings. The highest BCUT2D eigenvalue weighted by Gasteiger charge is 2.04. The number of anilines is 1. The van der Waals surface area contributed by atoms with Crippen molar-refractivity contribution in [2.24, 2.45) is 0 Å². The molecule has 1 rings (SSSR count). The van der Waals surface area contributed by atoms with E-state index in [4.69, 9.17) is 4.74 Å². The lowest BCUT2D eigenvalue weighted by molar-refractivity contribution is 0.197. The first kappa shape index (κ1) is 17.0. The number of imidazole rings is 1. The van der Waals surface area contributed by atoms with E-state index in [-0.39, 0.29) is 0 Å². The second kappa shape index (κ2) is 10.7. The van der Waals surface area contributed by atoms with E-state index in [0.29, 0.717) is 0 Å². The Labute approximate surface area is 123 Å². The van der Waals surface area contributed by atoms with Gasteiger partial charge in [-0.3, -0.25) is 0 Å². The van der Waals surface area contributed by atoms with Crippen molar-refractivity contribution in [1.82, 2.24) is 9.55 Å². The SMILES string of the molecule is CCCCCCCCn1cc(C)nc1NCCCOC. The third kappa shape index (κ3) is 6.94. The Morgan fingerprint density at radius 3 is 2.65 bits per heavy atom. The van der Waals surface area contributed by atoms with E-state index in [2.05, 4.69) is 34.9 Å². The number of aromatic nitrogens is 2. The highest BCUT2D eigenvalue weighted by molar-refractivity contribution is 5.28. The molecule has 1 aromatic heterocycles. The third-order valence-corrected chi connectivity index (χ3v) is 3.46. The number of nitrogens with one attached hydrogen (secondary N) is 1. The Morgan fingerprint density at radius 1 is 1.15 bits per heavy atom. The maximum absolute atomic E-state index is 5.06. The van der Waals surface area contributed by atoms with Gasteiger partial charge in [-0.15, -0.1) is 0 Å². The molecular formula is C16H31N3O. The minimum Gasteiger partial charge on any atom is -0.385 e. The zero-order valence-electron chi connectivity index (χ0n) is 13.5. The van der Waals surface area contributed by atoms with Crippen molar-refractivity contribution in [2.75, 3.05) is 25.6 Å². The van der Waals surface area contributed by atoms with Gasteiger partial charge in [0.05, 0.1) is 5.69 Å². The predicted octanol–water partition coefficient (Wildman–Crippen LogP) is 4.00. The van der Waals surface area contributed by atoms with Gasteiger partial charge in [-0.1, -0.05) is 39.0 Å². The van der Waals surface area contributed by atoms with Crippen LogP contribution in [0.1, 0.15) is 57.6 Å². The monoisotopic (exact) mass is 281 g/mol. The van der Waals surface area contributed by atoms with Gasteiger partial charge < -0.3 is 14.6 Å². The van der Waals surface area contributed by atoms with Crippen molar-refractivity contribution in [3.05, 3.63) is 11.9 Å². The molecule has 4 nitrogen and oxygen atoms in total. The summed E-state index contributed by atoms with van der Waals surface area (Å²) in [7, 11) is 1.74. The van der Waals surface area contributed by atoms with Gasteiger partial charge >= 0.3 is 0 Å². The highest BCUT2D eigenvalue weighted by atomic mass is 16.5. The Morgan fingerprint density at radius 2 is 1.90 bits per heavy atom. The van der Waals surface area contributed by atoms with Crippen molar-refractivity contribution in [3.8, 4) is 0 Å². The fraction of sp³-hybridized carbons (Fsp3) is 0.812. The summed E-state index contributed by atoms with van der Waals surface area (Å²) in [6.07, 6.45) is 11.1. The van der Waals surface area contributed by atoms with Crippen LogP contribution in [0.2, 0.25) is 0 Å². The van der Waals surface area contributed by atoms with Crippen LogP contribution in [-0.2, 0) is 11.3 Å². The summed E-state index contributed by atoms with van der Waals surface area (Å²) in [6, 6.07) is 0. The van der Waals surface area contributed by atoms with Gasteiger partial charge in [0.1, 0.15) is 0 Å². The zero-order chi connectivity index (χ0) is 14.6. The molecule has 0 aliphatic carbocycles. The molecule has 1 heterocycles. The lowest BCUT2D eigenvalue weighted by Crippen LogP contribution is -2.10. The second-order valence-corrected chi connectivity index (χ2v) is 5.44. The van der Waals surface area contributed by atoms with Crippen molar-refractivity contribution >= 4 is 5.95 Å². The van der Waals surface area contributed by atoms with Crippen molar-refractivity contribution in [1.29, 1.82) is 0 Å². The van der Waals surface area contributed by atoms with Crippen LogP contribution in [0.15, 0.2) is 6.20 Å². The maximum Gasteiger partial charge on any atom is 0.203 e. The molecule has 0 saturated heterocycles. The van der Waals surface area contributed by atoms with E-state index in [1.54, 1.807) is 7.11 Å². The molecule has 0 saturated carbocycles. The summed E-state index contributed by atoms with van der Waals surface area (Å²) < 4.78 is 7.31. The van der Waals surface area contributed by atoms with Crippen LogP contribution in [0.25, 0.3) is 0 Å². The standard InChI is InChI=1S/C16H31N3O/c1-4-5-6-7-8-9-12-19-14-15(2)18-16(19)17-11-10-13-20-3/h14H,4-13H2,1-3H3,(H,17,18). The molecule has 4 heteroatoms. The summed E-state index contributed by atoms with van der Waals surface area (Å²) in [5.74, 6) is 1.01. The van der Waals surface area contributed by atoms with E-state index >= 15 is 0 Å². The lowest BCUT2D eigenvalue weighted by Gasteiger charge is -2.09. The molecule has 1 N–H and O–H groups in total. The largest absolute Gasteiger partial charge is 0.385 e. The molecule has 0 unspecified atom stereocenters. The van der Waals surface area contributed by atoms with Crippen molar-refractivity contribution in [3.63, 3.8) is 0 Å². The molecule has 0 fully saturated rings. The summed E-state index contributed by atoms with van der Waals surface area (Å²) in [5, 5.41) is 3.40. The minimum absolute atomic E-state index is 0.796. The van der Waals surface area contributed by atoms with Crippen LogP contribution < -0.4 is 5.32 Å². The molecule has 0 bridgehead atoms. The number of methoxy groups -OCH3 is 1. The minimum atomic E-state index is 0.796. The van der Waals surface area contributed by atoms with E-state index in [1.807, 2.05) is 0 Å². The molecule has 1 aromatic rings. The van der Waals surface area contributed by atoms with Gasteiger partial charge in [0.2, 0.25) is 5.95 Å². The topological polar surface area (TPSA) is 39.1 Å². The molecule has 20 heavy (non-hydrogen) atoms. The molecular weight excluding hydrogens is 250 g/mol. The van der Waals surface area contributed by atoms with E-state index in [9.17, 15) is 0 Å². The number of nitrogens with zero attached hydrogens (tertiary/aromatic N) is 2. The Hall–Kier alpha value is -1.03. The number of rotatable bonds is 12. The van der Waals surface area contributed by atoms with Crippen molar-refractivity contribution in [2.45, 2.75) is 65.3 Å². The van der Waals surface area contributed by atoms with Crippen LogP contribution >= 0.6 is 0 Å². The van der Waals surface area contributed by atoms with Crippen LogP contribution in [0.5, 0.6) is 0 Å². The van der Waals surface area contributed by atoms with Gasteiger partial charge in [-0.05, 0) is 19.8 Å². The van der Waals surface area contributed by atoms with Crippen LogP contribution in [0.3, 0.4) is 0 Å². The van der Waals surface area contributed by atoms with Crippen LogP contribution in [-0.4, -0.2) is 29.8 Å². The second-order valence-electron chi connectivity index (χ2n) is 5.44. The molecule has 0 amide bonds. The van der Waals surface area contributed by atoms with Gasteiger partial charge in [0.15, 0.2) is 0 Å². The van der Waals surface area contributed by atoms with Gasteiger partial charge in [0.25, 0.3) is 0 Å². The Bertz CT molecular complexity index is 349. The Kier molecular flexibility index (Phi) is 9.13. The Balaban J connectivity index is 2.26. The van der Waals surface area contributed by atoms with Gasteiger partial charge in [0, 0.05) is 33.0 Å². The number of ether oxygens (including phenoxy) is 1. The fourth-order valence-corrected chi connectivity index (χ4v) is 2.34. The molecule has 0 atom stereocenters. The first-order chi connectivity index (χ1) is 9.77. The van der Waals surface area contributed by atoms with Gasteiger partial charge in [-0.2, -0.15) is 0 Å². The molecule has 0 aliphatic heterocycles. The smallest absolute Gasteiger partial charge is 0.203 e. The molecule has 0 radical (unpaired) electrons. The van der Waals surface area contributed by atoms with Gasteiger partial charge in [-0.25, -0.2) is 4.98 Å². The molecule has 116 valence electrons. The molecule has 0 spiro atoms. The predicted molar refractivity (Wildman–Crippen MR) is 85.3 cm³/mol. The quantitative estimate of drug-likeness (QED) is 0.589. The normalized spacial score (nSPS) is 10.9. The maximum atomic E-state index is 5.06. The number of aryl methyl sites for hydroxylation is 2. The highest BCUT2D eigenvalue weighted by Crippen LogP contribution is 2.12. The van der Waals surface area contributed by atoms with Crippen molar-refractivity contribution < 1.29 is 4.74 Å². The van der Waals surface area contributed by atoms with E-state index < -0.39 is 0 Å². The van der Waals surface area contributed by atoms with Crippen LogP contribution in [0.4, 0.5) is 5.95 Å². The summed E-state index contributed by atoms with van der Waals surface area (Å²) in [6.45, 7) is 7.10. The number of hydrogen-bond acceptors (Lipinski definition) is 3. The summed E-state index contributed by atoms with van der Waals surface area (Å²) in [4.78, 5) is 4.55. The lowest BCUT2D eigenvalue weighted by atomic mass is 10.1. The zero-order valence-corrected chi connectivity index (χ0v) is 13.5. The van der Waals surface area contributed by atoms with E-state index in [0.717, 1.165) is 37.8 Å². The average Bonchev–Trinajstić information content (AvgIpc) is 2.79. The van der Waals surface area contributed by atoms with E-state index in [1.165, 1.54) is 38.5 Å².